The molecule has 1 aromatic carbocycles. The van der Waals surface area contributed by atoms with Crippen molar-refractivity contribution in [2.24, 2.45) is 0 Å². The number of sulfonamides is 1. The van der Waals surface area contributed by atoms with Gasteiger partial charge in [0.05, 0.1) is 19.4 Å². The number of carbonyl (C=O) groups excluding carboxylic acids is 1. The first-order chi connectivity index (χ1) is 9.73. The fraction of sp³-hybridized carbons (Fsp3) is 0.500. The van der Waals surface area contributed by atoms with Crippen molar-refractivity contribution in [1.82, 2.24) is 10.0 Å². The van der Waals surface area contributed by atoms with Gasteiger partial charge in [0.1, 0.15) is 5.75 Å². The van der Waals surface area contributed by atoms with Crippen LogP contribution in [0, 0.1) is 6.92 Å². The van der Waals surface area contributed by atoms with Crippen molar-refractivity contribution in [2.75, 3.05) is 19.9 Å². The van der Waals surface area contributed by atoms with Crippen LogP contribution < -0.4 is 14.8 Å². The first-order valence-electron chi connectivity index (χ1n) is 6.61. The van der Waals surface area contributed by atoms with Crippen molar-refractivity contribution >= 4 is 15.9 Å². The summed E-state index contributed by atoms with van der Waals surface area (Å²) in [4.78, 5) is 11.8. The summed E-state index contributed by atoms with van der Waals surface area (Å²) in [5.41, 5.74) is 1.97. The quantitative estimate of drug-likeness (QED) is 0.790. The minimum Gasteiger partial charge on any atom is -0.496 e. The van der Waals surface area contributed by atoms with Gasteiger partial charge in [-0.1, -0.05) is 17.7 Å². The van der Waals surface area contributed by atoms with Crippen LogP contribution in [0.25, 0.3) is 0 Å². The molecule has 0 saturated carbocycles. The molecule has 1 aromatic rings. The van der Waals surface area contributed by atoms with Crippen LogP contribution in [-0.4, -0.2) is 34.2 Å². The molecule has 0 fully saturated rings. The van der Waals surface area contributed by atoms with E-state index in [1.807, 2.05) is 32.0 Å². The van der Waals surface area contributed by atoms with Crippen molar-refractivity contribution in [3.05, 3.63) is 29.3 Å². The van der Waals surface area contributed by atoms with E-state index in [1.165, 1.54) is 0 Å². The van der Waals surface area contributed by atoms with Gasteiger partial charge in [-0.25, -0.2) is 13.1 Å². The summed E-state index contributed by atoms with van der Waals surface area (Å²) in [6.07, 6.45) is 1.15. The van der Waals surface area contributed by atoms with Crippen molar-refractivity contribution < 1.29 is 17.9 Å². The van der Waals surface area contributed by atoms with Crippen molar-refractivity contribution in [3.8, 4) is 5.75 Å². The zero-order valence-corrected chi connectivity index (χ0v) is 13.6. The lowest BCUT2D eigenvalue weighted by atomic mass is 10.0. The molecule has 2 N–H and O–H groups in total. The summed E-state index contributed by atoms with van der Waals surface area (Å²) < 4.78 is 29.4. The molecular weight excluding hydrogens is 292 g/mol. The van der Waals surface area contributed by atoms with Gasteiger partial charge in [-0.2, -0.15) is 0 Å². The first kappa shape index (κ1) is 17.5. The third-order valence-electron chi connectivity index (χ3n) is 2.95. The van der Waals surface area contributed by atoms with Crippen LogP contribution in [0.2, 0.25) is 0 Å². The number of hydrogen-bond donors (Lipinski definition) is 2. The highest BCUT2D eigenvalue weighted by Gasteiger charge is 2.14. The van der Waals surface area contributed by atoms with Crippen LogP contribution in [0.5, 0.6) is 5.75 Å². The highest BCUT2D eigenvalue weighted by molar-refractivity contribution is 7.88. The maximum Gasteiger partial charge on any atom is 0.221 e. The van der Waals surface area contributed by atoms with Gasteiger partial charge in [0.15, 0.2) is 0 Å². The largest absolute Gasteiger partial charge is 0.496 e. The van der Waals surface area contributed by atoms with Crippen LogP contribution >= 0.6 is 0 Å². The lowest BCUT2D eigenvalue weighted by Gasteiger charge is -2.18. The topological polar surface area (TPSA) is 84.5 Å². The molecule has 0 spiro atoms. The van der Waals surface area contributed by atoms with Crippen LogP contribution in [-0.2, 0) is 14.8 Å². The standard InChI is InChI=1S/C14H22N2O4S/c1-10-5-6-13(20-3)12(9-10)11(2)16-14(17)7-8-15-21(4,18)19/h5-6,9,11,15H,7-8H2,1-4H3,(H,16,17)/t11-/m1/s1. The Balaban J connectivity index is 2.62. The minimum absolute atomic E-state index is 0.0857. The molecule has 0 aromatic heterocycles. The zero-order valence-electron chi connectivity index (χ0n) is 12.8. The normalized spacial score (nSPS) is 12.8. The summed E-state index contributed by atoms with van der Waals surface area (Å²) in [7, 11) is -1.68. The molecule has 0 heterocycles. The monoisotopic (exact) mass is 314 g/mol. The zero-order chi connectivity index (χ0) is 16.0. The lowest BCUT2D eigenvalue weighted by molar-refractivity contribution is -0.121. The second kappa shape index (κ2) is 7.42. The molecule has 0 bridgehead atoms. The molecular formula is C14H22N2O4S. The summed E-state index contributed by atoms with van der Waals surface area (Å²) in [5, 5.41) is 2.83. The molecule has 1 atom stereocenters. The van der Waals surface area contributed by atoms with Gasteiger partial charge in [-0.15, -0.1) is 0 Å². The fourth-order valence-electron chi connectivity index (χ4n) is 1.93. The number of hydrogen-bond acceptors (Lipinski definition) is 4. The van der Waals surface area contributed by atoms with E-state index in [-0.39, 0.29) is 24.9 Å². The molecule has 0 aliphatic heterocycles. The number of carbonyl (C=O) groups is 1. The van der Waals surface area contributed by atoms with E-state index in [2.05, 4.69) is 10.0 Å². The van der Waals surface area contributed by atoms with Gasteiger partial charge >= 0.3 is 0 Å². The number of ether oxygens (including phenoxy) is 1. The molecule has 0 aliphatic rings. The molecule has 1 amide bonds. The van der Waals surface area contributed by atoms with Crippen LogP contribution in [0.4, 0.5) is 0 Å². The fourth-order valence-corrected chi connectivity index (χ4v) is 2.41. The Bertz CT molecular complexity index is 599. The van der Waals surface area contributed by atoms with Crippen LogP contribution in [0.3, 0.4) is 0 Å². The molecule has 1 rings (SSSR count). The molecule has 0 unspecified atom stereocenters. The molecule has 7 heteroatoms. The van der Waals surface area contributed by atoms with Crippen molar-refractivity contribution in [2.45, 2.75) is 26.3 Å². The van der Waals surface area contributed by atoms with Crippen molar-refractivity contribution in [1.29, 1.82) is 0 Å². The number of methoxy groups -OCH3 is 1. The highest BCUT2D eigenvalue weighted by Crippen LogP contribution is 2.25. The van der Waals surface area contributed by atoms with E-state index in [1.54, 1.807) is 7.11 Å². The number of rotatable bonds is 7. The third-order valence-corrected chi connectivity index (χ3v) is 3.67. The van der Waals surface area contributed by atoms with Gasteiger partial charge in [0.25, 0.3) is 0 Å². The molecule has 0 aliphatic carbocycles. The number of nitrogens with one attached hydrogen (secondary N) is 2. The number of amides is 1. The Morgan fingerprint density at radius 2 is 2.05 bits per heavy atom. The summed E-state index contributed by atoms with van der Waals surface area (Å²) >= 11 is 0. The van der Waals surface area contributed by atoms with Crippen LogP contribution in [0.15, 0.2) is 18.2 Å². The molecule has 0 saturated heterocycles. The maximum absolute atomic E-state index is 11.8. The van der Waals surface area contributed by atoms with E-state index >= 15 is 0 Å². The maximum atomic E-state index is 11.8. The highest BCUT2D eigenvalue weighted by atomic mass is 32.2. The van der Waals surface area contributed by atoms with Gasteiger partial charge in [0, 0.05) is 18.5 Å². The predicted molar refractivity (Wildman–Crippen MR) is 81.8 cm³/mol. The van der Waals surface area contributed by atoms with E-state index in [0.29, 0.717) is 5.75 Å². The predicted octanol–water partition coefficient (Wildman–Crippen LogP) is 1.12. The second-order valence-corrected chi connectivity index (χ2v) is 6.78. The molecule has 0 radical (unpaired) electrons. The van der Waals surface area contributed by atoms with E-state index in [9.17, 15) is 13.2 Å². The molecule has 118 valence electrons. The number of aryl methyl sites for hydroxylation is 1. The second-order valence-electron chi connectivity index (χ2n) is 4.95. The van der Waals surface area contributed by atoms with Gasteiger partial charge < -0.3 is 10.1 Å². The Labute approximate surface area is 125 Å². The van der Waals surface area contributed by atoms with Gasteiger partial charge in [0.2, 0.25) is 15.9 Å². The average Bonchev–Trinajstić information content (AvgIpc) is 2.37. The first-order valence-corrected chi connectivity index (χ1v) is 8.50. The molecule has 6 nitrogen and oxygen atoms in total. The minimum atomic E-state index is -3.27. The van der Waals surface area contributed by atoms with Gasteiger partial charge in [-0.05, 0) is 19.9 Å². The third kappa shape index (κ3) is 6.14. The summed E-state index contributed by atoms with van der Waals surface area (Å²) in [5.74, 6) is 0.491. The summed E-state index contributed by atoms with van der Waals surface area (Å²) in [6, 6.07) is 5.54. The van der Waals surface area contributed by atoms with Gasteiger partial charge in [-0.3, -0.25) is 4.79 Å². The lowest BCUT2D eigenvalue weighted by Crippen LogP contribution is -2.31. The molecule has 21 heavy (non-hydrogen) atoms. The Morgan fingerprint density at radius 1 is 1.38 bits per heavy atom. The van der Waals surface area contributed by atoms with Crippen LogP contribution in [0.1, 0.15) is 30.5 Å². The SMILES string of the molecule is COc1ccc(C)cc1[C@@H](C)NC(=O)CCNS(C)(=O)=O. The van der Waals surface area contributed by atoms with Crippen molar-refractivity contribution in [3.63, 3.8) is 0 Å². The van der Waals surface area contributed by atoms with E-state index in [0.717, 1.165) is 17.4 Å². The smallest absolute Gasteiger partial charge is 0.221 e. The Morgan fingerprint density at radius 3 is 2.62 bits per heavy atom. The summed E-state index contributed by atoms with van der Waals surface area (Å²) in [6.45, 7) is 3.91. The van der Waals surface area contributed by atoms with E-state index < -0.39 is 10.0 Å². The Kier molecular flexibility index (Phi) is 6.17. The Hall–Kier alpha value is -1.60. The number of benzene rings is 1. The average molecular weight is 314 g/mol. The van der Waals surface area contributed by atoms with E-state index in [4.69, 9.17) is 4.74 Å².